The topological polar surface area (TPSA) is 55.8 Å². The summed E-state index contributed by atoms with van der Waals surface area (Å²) in [4.78, 5) is 16.5. The Kier molecular flexibility index (Phi) is 7.53. The number of carbonyl (C=O) groups excluding carboxylic acids is 1. The normalized spacial score (nSPS) is 17.5. The molecule has 0 aromatic heterocycles. The number of aliphatic hydroxyl groups is 1. The molecule has 1 unspecified atom stereocenters. The minimum absolute atomic E-state index is 0.0143. The van der Waals surface area contributed by atoms with E-state index in [4.69, 9.17) is 5.11 Å². The summed E-state index contributed by atoms with van der Waals surface area (Å²) in [5, 5.41) is 12.2. The van der Waals surface area contributed by atoms with E-state index in [1.807, 2.05) is 13.0 Å². The Hall–Kier alpha value is -1.59. The van der Waals surface area contributed by atoms with Crippen molar-refractivity contribution >= 4 is 6.03 Å². The fourth-order valence-electron chi connectivity index (χ4n) is 3.34. The third kappa shape index (κ3) is 5.21. The van der Waals surface area contributed by atoms with Crippen molar-refractivity contribution in [1.82, 2.24) is 15.1 Å². The van der Waals surface area contributed by atoms with Gasteiger partial charge in [0.25, 0.3) is 0 Å². The van der Waals surface area contributed by atoms with Crippen molar-refractivity contribution in [2.24, 2.45) is 0 Å². The van der Waals surface area contributed by atoms with Crippen LogP contribution in [0, 0.1) is 0 Å². The Bertz CT molecular complexity index is 481. The second-order valence-electron chi connectivity index (χ2n) is 6.56. The Labute approximate surface area is 145 Å². The van der Waals surface area contributed by atoms with Crippen LogP contribution in [0.1, 0.15) is 44.7 Å². The molecule has 1 fully saturated rings. The minimum Gasteiger partial charge on any atom is -0.395 e. The summed E-state index contributed by atoms with van der Waals surface area (Å²) in [6, 6.07) is 11.2. The number of hydrogen-bond acceptors (Lipinski definition) is 3. The van der Waals surface area contributed by atoms with Crippen LogP contribution in [0.3, 0.4) is 0 Å². The van der Waals surface area contributed by atoms with E-state index in [1.54, 1.807) is 4.90 Å². The molecule has 0 bridgehead atoms. The van der Waals surface area contributed by atoms with Gasteiger partial charge in [-0.3, -0.25) is 4.90 Å². The van der Waals surface area contributed by atoms with Gasteiger partial charge in [0.2, 0.25) is 0 Å². The molecule has 0 saturated carbocycles. The zero-order chi connectivity index (χ0) is 17.4. The summed E-state index contributed by atoms with van der Waals surface area (Å²) in [6.07, 6.45) is 2.85. The highest BCUT2D eigenvalue weighted by Gasteiger charge is 2.25. The maximum Gasteiger partial charge on any atom is 0.317 e. The average Bonchev–Trinajstić information content (AvgIpc) is 2.62. The molecule has 5 heteroatoms. The van der Waals surface area contributed by atoms with E-state index >= 15 is 0 Å². The van der Waals surface area contributed by atoms with E-state index in [1.165, 1.54) is 5.56 Å². The van der Waals surface area contributed by atoms with Crippen LogP contribution >= 0.6 is 0 Å². The number of piperidine rings is 1. The number of rotatable bonds is 7. The first-order valence-corrected chi connectivity index (χ1v) is 9.11. The summed E-state index contributed by atoms with van der Waals surface area (Å²) < 4.78 is 0. The van der Waals surface area contributed by atoms with Crippen LogP contribution in [0.4, 0.5) is 4.79 Å². The number of aliphatic hydroxyl groups excluding tert-OH is 1. The van der Waals surface area contributed by atoms with Crippen molar-refractivity contribution in [3.05, 3.63) is 35.9 Å². The number of hydrogen-bond donors (Lipinski definition) is 2. The molecule has 1 aliphatic rings. The quantitative estimate of drug-likeness (QED) is 0.806. The van der Waals surface area contributed by atoms with E-state index in [2.05, 4.69) is 41.4 Å². The Morgan fingerprint density at radius 2 is 1.96 bits per heavy atom. The van der Waals surface area contributed by atoms with Crippen LogP contribution in [0.15, 0.2) is 30.3 Å². The maximum atomic E-state index is 12.3. The van der Waals surface area contributed by atoms with Crippen molar-refractivity contribution in [1.29, 1.82) is 0 Å². The zero-order valence-corrected chi connectivity index (χ0v) is 14.9. The summed E-state index contributed by atoms with van der Waals surface area (Å²) >= 11 is 0. The molecule has 2 amide bonds. The lowest BCUT2D eigenvalue weighted by atomic mass is 10.0. The van der Waals surface area contributed by atoms with Gasteiger partial charge in [-0.05, 0) is 31.7 Å². The number of carbonyl (C=O) groups is 1. The van der Waals surface area contributed by atoms with Gasteiger partial charge in [-0.25, -0.2) is 4.79 Å². The summed E-state index contributed by atoms with van der Waals surface area (Å²) in [6.45, 7) is 7.39. The molecule has 0 aliphatic carbocycles. The van der Waals surface area contributed by atoms with Gasteiger partial charge in [-0.2, -0.15) is 0 Å². The Morgan fingerprint density at radius 3 is 2.54 bits per heavy atom. The van der Waals surface area contributed by atoms with Gasteiger partial charge >= 0.3 is 6.03 Å². The monoisotopic (exact) mass is 333 g/mol. The van der Waals surface area contributed by atoms with Crippen molar-refractivity contribution in [3.8, 4) is 0 Å². The molecule has 5 nitrogen and oxygen atoms in total. The smallest absolute Gasteiger partial charge is 0.317 e. The molecular formula is C19H31N3O2. The van der Waals surface area contributed by atoms with Crippen LogP contribution in [0.5, 0.6) is 0 Å². The second kappa shape index (κ2) is 9.64. The lowest BCUT2D eigenvalue weighted by Gasteiger charge is -2.37. The fourth-order valence-corrected chi connectivity index (χ4v) is 3.34. The highest BCUT2D eigenvalue weighted by molar-refractivity contribution is 5.74. The SMILES string of the molecule is CCCN(CCO)C(=O)NC1CCN(C(C)c2ccccc2)CC1. The lowest BCUT2D eigenvalue weighted by Crippen LogP contribution is -2.50. The number of nitrogens with one attached hydrogen (secondary N) is 1. The second-order valence-corrected chi connectivity index (χ2v) is 6.56. The first-order chi connectivity index (χ1) is 11.7. The fraction of sp³-hybridized carbons (Fsp3) is 0.632. The van der Waals surface area contributed by atoms with Gasteiger partial charge < -0.3 is 15.3 Å². The first kappa shape index (κ1) is 18.7. The highest BCUT2D eigenvalue weighted by atomic mass is 16.3. The molecule has 0 spiro atoms. The first-order valence-electron chi connectivity index (χ1n) is 9.11. The summed E-state index contributed by atoms with van der Waals surface area (Å²) in [5.41, 5.74) is 1.34. The summed E-state index contributed by atoms with van der Waals surface area (Å²) in [5.74, 6) is 0. The Balaban J connectivity index is 1.81. The molecule has 134 valence electrons. The van der Waals surface area contributed by atoms with Crippen LogP contribution in [-0.2, 0) is 0 Å². The van der Waals surface area contributed by atoms with Gasteiger partial charge in [0, 0.05) is 38.3 Å². The van der Waals surface area contributed by atoms with Crippen LogP contribution in [0.2, 0.25) is 0 Å². The maximum absolute atomic E-state index is 12.3. The molecular weight excluding hydrogens is 302 g/mol. The average molecular weight is 333 g/mol. The predicted octanol–water partition coefficient (Wildman–Crippen LogP) is 2.63. The molecule has 1 aromatic carbocycles. The molecule has 2 N–H and O–H groups in total. The van der Waals surface area contributed by atoms with Gasteiger partial charge in [-0.15, -0.1) is 0 Å². The molecule has 1 saturated heterocycles. The molecule has 0 radical (unpaired) electrons. The van der Waals surface area contributed by atoms with Gasteiger partial charge in [0.15, 0.2) is 0 Å². The van der Waals surface area contributed by atoms with Crippen molar-refractivity contribution in [2.75, 3.05) is 32.8 Å². The molecule has 24 heavy (non-hydrogen) atoms. The van der Waals surface area contributed by atoms with Gasteiger partial charge in [0.05, 0.1) is 6.61 Å². The van der Waals surface area contributed by atoms with Crippen molar-refractivity contribution in [3.63, 3.8) is 0 Å². The van der Waals surface area contributed by atoms with Gasteiger partial charge in [-0.1, -0.05) is 37.3 Å². The van der Waals surface area contributed by atoms with E-state index < -0.39 is 0 Å². The highest BCUT2D eigenvalue weighted by Crippen LogP contribution is 2.24. The zero-order valence-electron chi connectivity index (χ0n) is 14.9. The predicted molar refractivity (Wildman–Crippen MR) is 96.9 cm³/mol. The molecule has 1 atom stereocenters. The van der Waals surface area contributed by atoms with Gasteiger partial charge in [0.1, 0.15) is 0 Å². The van der Waals surface area contributed by atoms with Crippen LogP contribution < -0.4 is 5.32 Å². The largest absolute Gasteiger partial charge is 0.395 e. The molecule has 1 heterocycles. The van der Waals surface area contributed by atoms with E-state index in [9.17, 15) is 4.79 Å². The number of nitrogens with zero attached hydrogens (tertiary/aromatic N) is 2. The number of urea groups is 1. The van der Waals surface area contributed by atoms with E-state index in [0.29, 0.717) is 19.1 Å². The minimum atomic E-state index is -0.0412. The van der Waals surface area contributed by atoms with E-state index in [-0.39, 0.29) is 18.7 Å². The number of benzene rings is 1. The Morgan fingerprint density at radius 1 is 1.29 bits per heavy atom. The summed E-state index contributed by atoms with van der Waals surface area (Å²) in [7, 11) is 0. The number of amides is 2. The van der Waals surface area contributed by atoms with Crippen molar-refractivity contribution < 1.29 is 9.90 Å². The molecule has 1 aromatic rings. The third-order valence-corrected chi connectivity index (χ3v) is 4.84. The van der Waals surface area contributed by atoms with Crippen LogP contribution in [0.25, 0.3) is 0 Å². The van der Waals surface area contributed by atoms with Crippen LogP contribution in [-0.4, -0.2) is 59.8 Å². The standard InChI is InChI=1S/C19H31N3O2/c1-3-11-22(14-15-23)19(24)20-18-9-12-21(13-10-18)16(2)17-7-5-4-6-8-17/h4-8,16,18,23H,3,9-15H2,1-2H3,(H,20,24). The molecule has 1 aliphatic heterocycles. The lowest BCUT2D eigenvalue weighted by molar-refractivity contribution is 0.141. The van der Waals surface area contributed by atoms with E-state index in [0.717, 1.165) is 32.4 Å². The number of likely N-dealkylation sites (tertiary alicyclic amines) is 1. The van der Waals surface area contributed by atoms with Crippen molar-refractivity contribution in [2.45, 2.75) is 45.2 Å². The third-order valence-electron chi connectivity index (χ3n) is 4.84. The molecule has 2 rings (SSSR count).